The third-order valence-electron chi connectivity index (χ3n) is 3.05. The van der Waals surface area contributed by atoms with Gasteiger partial charge in [-0.1, -0.05) is 56.1 Å². The van der Waals surface area contributed by atoms with Crippen molar-refractivity contribution in [3.8, 4) is 11.1 Å². The van der Waals surface area contributed by atoms with Crippen LogP contribution in [0.1, 0.15) is 26.3 Å². The molecule has 0 aliphatic heterocycles. The van der Waals surface area contributed by atoms with E-state index in [9.17, 15) is 4.39 Å². The Bertz CT molecular complexity index is 613. The monoisotopic (exact) mass is 296 g/mol. The van der Waals surface area contributed by atoms with Crippen molar-refractivity contribution in [3.05, 3.63) is 57.8 Å². The minimum atomic E-state index is -0.280. The fourth-order valence-corrected chi connectivity index (χ4v) is 2.42. The number of benzene rings is 2. The minimum Gasteiger partial charge on any atom is -0.206 e. The first-order valence-corrected chi connectivity index (χ1v) is 6.80. The van der Waals surface area contributed by atoms with E-state index < -0.39 is 0 Å². The number of rotatable bonds is 1. The first kappa shape index (κ1) is 14.4. The van der Waals surface area contributed by atoms with E-state index in [1.807, 2.05) is 12.1 Å². The van der Waals surface area contributed by atoms with Crippen LogP contribution in [0, 0.1) is 5.82 Å². The van der Waals surface area contributed by atoms with Gasteiger partial charge in [0.1, 0.15) is 5.82 Å². The Morgan fingerprint density at radius 3 is 2.16 bits per heavy atom. The van der Waals surface area contributed by atoms with Crippen LogP contribution in [0.2, 0.25) is 10.0 Å². The number of halogens is 3. The van der Waals surface area contributed by atoms with Crippen LogP contribution in [0.3, 0.4) is 0 Å². The molecule has 0 unspecified atom stereocenters. The fraction of sp³-hybridized carbons (Fsp3) is 0.250. The van der Waals surface area contributed by atoms with E-state index in [0.29, 0.717) is 21.2 Å². The molecule has 0 atom stereocenters. The summed E-state index contributed by atoms with van der Waals surface area (Å²) in [6.07, 6.45) is 0. The lowest BCUT2D eigenvalue weighted by Gasteiger charge is -2.20. The molecule has 0 saturated carbocycles. The third kappa shape index (κ3) is 3.10. The van der Waals surface area contributed by atoms with Crippen LogP contribution in [-0.4, -0.2) is 0 Å². The van der Waals surface area contributed by atoms with Gasteiger partial charge in [-0.2, -0.15) is 0 Å². The van der Waals surface area contributed by atoms with Gasteiger partial charge in [0.2, 0.25) is 0 Å². The molecule has 0 aliphatic carbocycles. The van der Waals surface area contributed by atoms with Crippen molar-refractivity contribution >= 4 is 23.2 Å². The maximum atomic E-state index is 14.0. The van der Waals surface area contributed by atoms with Crippen molar-refractivity contribution in [1.82, 2.24) is 0 Å². The molecule has 19 heavy (non-hydrogen) atoms. The first-order valence-electron chi connectivity index (χ1n) is 6.04. The van der Waals surface area contributed by atoms with Gasteiger partial charge < -0.3 is 0 Å². The Morgan fingerprint density at radius 1 is 0.895 bits per heavy atom. The van der Waals surface area contributed by atoms with E-state index in [4.69, 9.17) is 23.2 Å². The Labute approximate surface area is 123 Å². The lowest BCUT2D eigenvalue weighted by molar-refractivity contribution is 0.584. The maximum Gasteiger partial charge on any atom is 0.131 e. The molecule has 2 aromatic carbocycles. The summed E-state index contributed by atoms with van der Waals surface area (Å²) in [4.78, 5) is 0. The highest BCUT2D eigenvalue weighted by molar-refractivity contribution is 6.36. The second kappa shape index (κ2) is 5.15. The Balaban J connectivity index is 2.61. The van der Waals surface area contributed by atoms with Crippen molar-refractivity contribution < 1.29 is 4.39 Å². The second-order valence-corrected chi connectivity index (χ2v) is 6.41. The highest BCUT2D eigenvalue weighted by Crippen LogP contribution is 2.34. The normalized spacial score (nSPS) is 11.7. The highest BCUT2D eigenvalue weighted by Gasteiger charge is 2.17. The molecule has 0 N–H and O–H groups in total. The second-order valence-electron chi connectivity index (χ2n) is 5.57. The zero-order valence-corrected chi connectivity index (χ0v) is 12.6. The van der Waals surface area contributed by atoms with Crippen molar-refractivity contribution in [3.63, 3.8) is 0 Å². The lowest BCUT2D eigenvalue weighted by Crippen LogP contribution is -2.11. The van der Waals surface area contributed by atoms with Gasteiger partial charge in [0, 0.05) is 21.2 Å². The molecule has 2 aromatic rings. The molecule has 0 radical (unpaired) electrons. The maximum absolute atomic E-state index is 14.0. The van der Waals surface area contributed by atoms with Crippen LogP contribution < -0.4 is 0 Å². The molecule has 100 valence electrons. The van der Waals surface area contributed by atoms with Gasteiger partial charge in [0.15, 0.2) is 0 Å². The number of hydrogen-bond acceptors (Lipinski definition) is 0. The molecule has 0 bridgehead atoms. The first-order chi connectivity index (χ1) is 8.79. The Kier molecular flexibility index (Phi) is 3.89. The van der Waals surface area contributed by atoms with Gasteiger partial charge >= 0.3 is 0 Å². The van der Waals surface area contributed by atoms with Gasteiger partial charge in [0.05, 0.1) is 0 Å². The van der Waals surface area contributed by atoms with Crippen LogP contribution in [0.5, 0.6) is 0 Å². The molecule has 3 heteroatoms. The van der Waals surface area contributed by atoms with Gasteiger partial charge in [-0.25, -0.2) is 4.39 Å². The molecular formula is C16H15Cl2F. The van der Waals surface area contributed by atoms with Crippen molar-refractivity contribution in [2.24, 2.45) is 0 Å². The molecule has 2 rings (SSSR count). The smallest absolute Gasteiger partial charge is 0.131 e. The van der Waals surface area contributed by atoms with Crippen LogP contribution in [0.4, 0.5) is 4.39 Å². The average Bonchev–Trinajstić information content (AvgIpc) is 2.29. The van der Waals surface area contributed by atoms with E-state index in [1.165, 1.54) is 6.07 Å². The molecule has 0 aliphatic rings. The molecule has 0 heterocycles. The summed E-state index contributed by atoms with van der Waals surface area (Å²) in [5.41, 5.74) is 2.19. The SMILES string of the molecule is CC(C)(C)c1ccc(F)c(-c2ccc(Cl)cc2Cl)c1. The molecular weight excluding hydrogens is 282 g/mol. The Hall–Kier alpha value is -1.05. The predicted molar refractivity (Wildman–Crippen MR) is 80.6 cm³/mol. The molecule has 0 aromatic heterocycles. The summed E-state index contributed by atoms with van der Waals surface area (Å²) in [7, 11) is 0. The van der Waals surface area contributed by atoms with Crippen LogP contribution in [0.15, 0.2) is 36.4 Å². The fourth-order valence-electron chi connectivity index (χ4n) is 1.91. The molecule has 0 amide bonds. The summed E-state index contributed by atoms with van der Waals surface area (Å²) in [5.74, 6) is -0.280. The predicted octanol–water partition coefficient (Wildman–Crippen LogP) is 6.10. The van der Waals surface area contributed by atoms with Gasteiger partial charge in [-0.05, 0) is 35.2 Å². The van der Waals surface area contributed by atoms with Gasteiger partial charge in [0.25, 0.3) is 0 Å². The lowest BCUT2D eigenvalue weighted by atomic mass is 9.85. The topological polar surface area (TPSA) is 0 Å². The highest BCUT2D eigenvalue weighted by atomic mass is 35.5. The molecule has 0 spiro atoms. The van der Waals surface area contributed by atoms with Gasteiger partial charge in [-0.3, -0.25) is 0 Å². The van der Waals surface area contributed by atoms with E-state index >= 15 is 0 Å². The number of hydrogen-bond donors (Lipinski definition) is 0. The molecule has 0 fully saturated rings. The zero-order valence-electron chi connectivity index (χ0n) is 11.1. The van der Waals surface area contributed by atoms with E-state index in [-0.39, 0.29) is 11.2 Å². The van der Waals surface area contributed by atoms with E-state index in [0.717, 1.165) is 5.56 Å². The van der Waals surface area contributed by atoms with Crippen molar-refractivity contribution in [2.45, 2.75) is 26.2 Å². The Morgan fingerprint density at radius 2 is 1.58 bits per heavy atom. The van der Waals surface area contributed by atoms with E-state index in [2.05, 4.69) is 20.8 Å². The average molecular weight is 297 g/mol. The summed E-state index contributed by atoms with van der Waals surface area (Å²) in [6.45, 7) is 6.27. The standard InChI is InChI=1S/C16H15Cl2F/c1-16(2,3)10-4-7-15(19)13(8-10)12-6-5-11(17)9-14(12)18/h4-9H,1-3H3. The largest absolute Gasteiger partial charge is 0.206 e. The van der Waals surface area contributed by atoms with Crippen LogP contribution in [0.25, 0.3) is 11.1 Å². The van der Waals surface area contributed by atoms with Crippen LogP contribution >= 0.6 is 23.2 Å². The summed E-state index contributed by atoms with van der Waals surface area (Å²) in [6, 6.07) is 10.2. The van der Waals surface area contributed by atoms with Crippen molar-refractivity contribution in [1.29, 1.82) is 0 Å². The zero-order chi connectivity index (χ0) is 14.2. The molecule has 0 nitrogen and oxygen atoms in total. The summed E-state index contributed by atoms with van der Waals surface area (Å²) in [5, 5.41) is 0.999. The van der Waals surface area contributed by atoms with Crippen molar-refractivity contribution in [2.75, 3.05) is 0 Å². The summed E-state index contributed by atoms with van der Waals surface area (Å²) >= 11 is 12.0. The van der Waals surface area contributed by atoms with Crippen LogP contribution in [-0.2, 0) is 5.41 Å². The molecule has 0 saturated heterocycles. The quantitative estimate of drug-likeness (QED) is 0.597. The van der Waals surface area contributed by atoms with Gasteiger partial charge in [-0.15, -0.1) is 0 Å². The third-order valence-corrected chi connectivity index (χ3v) is 3.60. The summed E-state index contributed by atoms with van der Waals surface area (Å²) < 4.78 is 14.0. The minimum absolute atomic E-state index is 0.0403. The van der Waals surface area contributed by atoms with E-state index in [1.54, 1.807) is 18.2 Å².